The normalized spacial score (nSPS) is 21.5. The number of hydrogen-bond donors (Lipinski definition) is 0. The number of nitrogens with zero attached hydrogens (tertiary/aromatic N) is 5. The molecule has 0 bridgehead atoms. The molecule has 0 radical (unpaired) electrons. The molecule has 49 heavy (non-hydrogen) atoms. The van der Waals surface area contributed by atoms with Crippen molar-refractivity contribution in [1.82, 2.24) is 24.9 Å². The summed E-state index contributed by atoms with van der Waals surface area (Å²) in [7, 11) is 0. The first-order valence-electron chi connectivity index (χ1n) is 17.2. The molecule has 3 saturated carbocycles. The van der Waals surface area contributed by atoms with Crippen LogP contribution in [0.3, 0.4) is 0 Å². The molecule has 3 aliphatic rings. The first-order chi connectivity index (χ1) is 24.2. The van der Waals surface area contributed by atoms with Gasteiger partial charge in [0.2, 0.25) is 0 Å². The monoisotopic (exact) mass is 631 g/mol. The van der Waals surface area contributed by atoms with E-state index in [4.69, 9.17) is 24.9 Å². The number of hydrogen-bond acceptors (Lipinski definition) is 5. The molecule has 10 rings (SSSR count). The average molecular weight is 632 g/mol. The van der Waals surface area contributed by atoms with E-state index in [1.807, 2.05) is 66.7 Å². The van der Waals surface area contributed by atoms with Crippen LogP contribution in [0, 0.1) is 17.8 Å². The third kappa shape index (κ3) is 4.72. The summed E-state index contributed by atoms with van der Waals surface area (Å²) in [4.78, 5) is 24.8. The molecule has 3 fully saturated rings. The van der Waals surface area contributed by atoms with Crippen LogP contribution in [0.2, 0.25) is 0 Å². The van der Waals surface area contributed by atoms with Gasteiger partial charge in [0.15, 0.2) is 23.3 Å². The topological polar surface area (TPSA) is 64.5 Å². The minimum atomic E-state index is 0.460. The van der Waals surface area contributed by atoms with Crippen molar-refractivity contribution in [2.45, 2.75) is 24.7 Å². The third-order valence-electron chi connectivity index (χ3n) is 11.2. The van der Waals surface area contributed by atoms with Crippen LogP contribution in [0.5, 0.6) is 0 Å². The van der Waals surface area contributed by atoms with Crippen molar-refractivity contribution in [3.05, 3.63) is 151 Å². The maximum Gasteiger partial charge on any atom is 0.164 e. The van der Waals surface area contributed by atoms with E-state index in [1.165, 1.54) is 24.8 Å². The molecule has 5 heteroatoms. The molecule has 0 N–H and O–H groups in total. The molecule has 2 unspecified atom stereocenters. The lowest BCUT2D eigenvalue weighted by Crippen LogP contribution is -2.71. The van der Waals surface area contributed by atoms with Gasteiger partial charge in [-0.1, -0.05) is 140 Å². The molecule has 3 aliphatic carbocycles. The third-order valence-corrected chi connectivity index (χ3v) is 11.2. The molecule has 0 aliphatic heterocycles. The Hall–Kier alpha value is -5.81. The van der Waals surface area contributed by atoms with E-state index in [0.29, 0.717) is 28.7 Å². The van der Waals surface area contributed by atoms with Crippen molar-refractivity contribution < 1.29 is 0 Å². The molecule has 0 saturated heterocycles. The van der Waals surface area contributed by atoms with Crippen molar-refractivity contribution in [2.75, 3.05) is 0 Å². The molecule has 7 aromatic rings. The second-order valence-corrected chi connectivity index (χ2v) is 13.9. The summed E-state index contributed by atoms with van der Waals surface area (Å²) in [5.74, 6) is 5.53. The highest BCUT2D eigenvalue weighted by Gasteiger charge is 2.71. The number of rotatable bonds is 7. The molecular formula is C44H33N5. The van der Waals surface area contributed by atoms with Gasteiger partial charge in [-0.3, -0.25) is 0 Å². The van der Waals surface area contributed by atoms with E-state index in [9.17, 15) is 0 Å². The Labute approximate surface area is 285 Å². The van der Waals surface area contributed by atoms with Crippen molar-refractivity contribution in [1.29, 1.82) is 0 Å². The predicted molar refractivity (Wildman–Crippen MR) is 194 cm³/mol. The van der Waals surface area contributed by atoms with Gasteiger partial charge in [-0.2, -0.15) is 0 Å². The van der Waals surface area contributed by atoms with E-state index in [2.05, 4.69) is 78.9 Å². The lowest BCUT2D eigenvalue weighted by Gasteiger charge is -2.76. The van der Waals surface area contributed by atoms with Crippen LogP contribution in [0.25, 0.3) is 68.1 Å². The molecule has 2 atom stereocenters. The summed E-state index contributed by atoms with van der Waals surface area (Å²) < 4.78 is 0. The fraction of sp³-hybridized carbons (Fsp3) is 0.159. The van der Waals surface area contributed by atoms with Crippen molar-refractivity contribution in [3.63, 3.8) is 0 Å². The Morgan fingerprint density at radius 2 is 0.755 bits per heavy atom. The number of benzene rings is 5. The van der Waals surface area contributed by atoms with Gasteiger partial charge in [0.25, 0.3) is 0 Å². The Balaban J connectivity index is 1.02. The van der Waals surface area contributed by atoms with Gasteiger partial charge >= 0.3 is 0 Å². The van der Waals surface area contributed by atoms with Gasteiger partial charge in [0.1, 0.15) is 0 Å². The van der Waals surface area contributed by atoms with Crippen LogP contribution < -0.4 is 0 Å². The fourth-order valence-corrected chi connectivity index (χ4v) is 8.75. The predicted octanol–water partition coefficient (Wildman–Crippen LogP) is 9.96. The van der Waals surface area contributed by atoms with Crippen LogP contribution >= 0.6 is 0 Å². The molecule has 5 aromatic carbocycles. The Morgan fingerprint density at radius 3 is 1.18 bits per heavy atom. The summed E-state index contributed by atoms with van der Waals surface area (Å²) in [6.07, 6.45) is 4.23. The van der Waals surface area contributed by atoms with Gasteiger partial charge < -0.3 is 0 Å². The van der Waals surface area contributed by atoms with Crippen LogP contribution in [-0.4, -0.2) is 24.9 Å². The SMILES string of the molecule is c1ccc(-c2cc(-c3ccc(C45CC6CC(C4)C65)cc3)nc(-c3ccc(-c4nc(-c5ccccc5)nc(-c5ccccc5)n4)cc3)n2)cc1. The fourth-order valence-electron chi connectivity index (χ4n) is 8.75. The van der Waals surface area contributed by atoms with Crippen molar-refractivity contribution in [3.8, 4) is 68.1 Å². The van der Waals surface area contributed by atoms with Crippen LogP contribution in [0.4, 0.5) is 0 Å². The lowest BCUT2D eigenvalue weighted by molar-refractivity contribution is -0.219. The summed E-state index contributed by atoms with van der Waals surface area (Å²) in [6, 6.07) is 50.1. The van der Waals surface area contributed by atoms with Crippen molar-refractivity contribution >= 4 is 0 Å². The van der Waals surface area contributed by atoms with E-state index >= 15 is 0 Å². The minimum absolute atomic E-state index is 0.460. The molecule has 2 heterocycles. The Bertz CT molecular complexity index is 2230. The minimum Gasteiger partial charge on any atom is -0.228 e. The second kappa shape index (κ2) is 11.1. The summed E-state index contributed by atoms with van der Waals surface area (Å²) in [6.45, 7) is 0. The first-order valence-corrected chi connectivity index (χ1v) is 17.2. The zero-order chi connectivity index (χ0) is 32.4. The van der Waals surface area contributed by atoms with Crippen molar-refractivity contribution in [2.24, 2.45) is 17.8 Å². The second-order valence-electron chi connectivity index (χ2n) is 13.9. The van der Waals surface area contributed by atoms with E-state index in [0.717, 1.165) is 62.5 Å². The zero-order valence-corrected chi connectivity index (χ0v) is 26.9. The van der Waals surface area contributed by atoms with Gasteiger partial charge in [0, 0.05) is 33.4 Å². The molecule has 0 amide bonds. The average Bonchev–Trinajstić information content (AvgIpc) is 3.18. The van der Waals surface area contributed by atoms with Gasteiger partial charge in [-0.05, 0) is 54.1 Å². The largest absolute Gasteiger partial charge is 0.228 e. The quantitative estimate of drug-likeness (QED) is 0.175. The maximum atomic E-state index is 5.13. The van der Waals surface area contributed by atoms with Crippen LogP contribution in [-0.2, 0) is 5.41 Å². The molecule has 2 aromatic heterocycles. The van der Waals surface area contributed by atoms with Crippen LogP contribution in [0.15, 0.2) is 146 Å². The summed E-state index contributed by atoms with van der Waals surface area (Å²) in [5.41, 5.74) is 9.73. The molecule has 5 nitrogen and oxygen atoms in total. The first kappa shape index (κ1) is 28.2. The van der Waals surface area contributed by atoms with E-state index in [1.54, 1.807) is 0 Å². The summed E-state index contributed by atoms with van der Waals surface area (Å²) in [5, 5.41) is 0. The standard InChI is InChI=1S/C44H33N5/c1-4-10-28(11-5-1)37-25-38(29-20-22-36(23-21-29)44-26-34-24-35(27-44)39(34)44)46-40(45-37)32-16-18-33(19-17-32)43-48-41(30-12-6-2-7-13-30)47-42(49-43)31-14-8-3-9-15-31/h1-23,25,34-35,39H,24,26-27H2. The highest BCUT2D eigenvalue weighted by Crippen LogP contribution is 2.77. The zero-order valence-electron chi connectivity index (χ0n) is 26.9. The van der Waals surface area contributed by atoms with Gasteiger partial charge in [-0.25, -0.2) is 24.9 Å². The van der Waals surface area contributed by atoms with E-state index < -0.39 is 0 Å². The summed E-state index contributed by atoms with van der Waals surface area (Å²) >= 11 is 0. The smallest absolute Gasteiger partial charge is 0.164 e. The van der Waals surface area contributed by atoms with Gasteiger partial charge in [0.05, 0.1) is 11.4 Å². The highest BCUT2D eigenvalue weighted by atomic mass is 15.0. The van der Waals surface area contributed by atoms with Gasteiger partial charge in [-0.15, -0.1) is 0 Å². The number of aromatic nitrogens is 5. The Morgan fingerprint density at radius 1 is 0.388 bits per heavy atom. The lowest BCUT2D eigenvalue weighted by atomic mass is 9.28. The Kier molecular flexibility index (Phi) is 6.41. The van der Waals surface area contributed by atoms with Crippen LogP contribution in [0.1, 0.15) is 24.8 Å². The highest BCUT2D eigenvalue weighted by molar-refractivity contribution is 5.73. The maximum absolute atomic E-state index is 5.13. The molecule has 234 valence electrons. The molecular weight excluding hydrogens is 599 g/mol. The molecule has 0 spiro atoms. The van der Waals surface area contributed by atoms with E-state index in [-0.39, 0.29) is 0 Å².